The minimum absolute atomic E-state index is 0.0306. The quantitative estimate of drug-likeness (QED) is 0.685. The Hall–Kier alpha value is -1.43. The molecule has 28 heavy (non-hydrogen) atoms. The average molecular weight is 438 g/mol. The topological polar surface area (TPSA) is 66.7 Å². The van der Waals surface area contributed by atoms with Crippen LogP contribution in [0.25, 0.3) is 10.6 Å². The Kier molecular flexibility index (Phi) is 6.18. The van der Waals surface area contributed by atoms with Crippen molar-refractivity contribution in [3.63, 3.8) is 0 Å². The van der Waals surface area contributed by atoms with E-state index in [1.54, 1.807) is 0 Å². The van der Waals surface area contributed by atoms with Crippen molar-refractivity contribution in [2.75, 3.05) is 26.2 Å². The van der Waals surface area contributed by atoms with Gasteiger partial charge in [0.2, 0.25) is 5.76 Å². The van der Waals surface area contributed by atoms with Gasteiger partial charge in [-0.3, -0.25) is 4.90 Å². The summed E-state index contributed by atoms with van der Waals surface area (Å²) in [6.07, 6.45) is -2.49. The molecule has 0 aromatic carbocycles. The highest BCUT2D eigenvalue weighted by atomic mass is 32.2. The number of nitrogens with zero attached hydrogens (tertiary/aromatic N) is 3. The fraction of sp³-hybridized carbons (Fsp3) is 0.588. The third kappa shape index (κ3) is 4.42. The molecule has 1 aliphatic heterocycles. The lowest BCUT2D eigenvalue weighted by Crippen LogP contribution is -2.51. The number of rotatable bonds is 6. The maximum Gasteiger partial charge on any atom is 0.452 e. The van der Waals surface area contributed by atoms with Gasteiger partial charge in [-0.1, -0.05) is 18.5 Å². The molecule has 0 N–H and O–H groups in total. The summed E-state index contributed by atoms with van der Waals surface area (Å²) in [7, 11) is -3.69. The largest absolute Gasteiger partial charge is 0.452 e. The van der Waals surface area contributed by atoms with E-state index in [0.29, 0.717) is 37.1 Å². The Labute approximate surface area is 166 Å². The standard InChI is InChI=1S/C17H22F3N3O3S2/c1-3-4-12(2)22-7-9-23(10-8-22)28(24,25)16-6-5-14(27-16)13-11-15(26-21-13)17(18,19)20/h5-6,11-12H,3-4,7-10H2,1-2H3. The van der Waals surface area contributed by atoms with Crippen LogP contribution in [-0.2, 0) is 16.2 Å². The van der Waals surface area contributed by atoms with Gasteiger partial charge in [0.15, 0.2) is 0 Å². The van der Waals surface area contributed by atoms with Crippen molar-refractivity contribution in [2.24, 2.45) is 0 Å². The number of alkyl halides is 3. The van der Waals surface area contributed by atoms with Crippen molar-refractivity contribution >= 4 is 21.4 Å². The zero-order valence-corrected chi connectivity index (χ0v) is 17.2. The molecule has 3 rings (SSSR count). The highest BCUT2D eigenvalue weighted by Crippen LogP contribution is 2.36. The lowest BCUT2D eigenvalue weighted by atomic mass is 10.1. The number of sulfonamides is 1. The molecule has 0 spiro atoms. The first-order valence-electron chi connectivity index (χ1n) is 9.01. The van der Waals surface area contributed by atoms with Gasteiger partial charge in [0.05, 0.1) is 4.88 Å². The van der Waals surface area contributed by atoms with E-state index in [4.69, 9.17) is 0 Å². The van der Waals surface area contributed by atoms with Gasteiger partial charge >= 0.3 is 6.18 Å². The van der Waals surface area contributed by atoms with Crippen molar-refractivity contribution in [1.82, 2.24) is 14.4 Å². The molecule has 0 radical (unpaired) electrons. The first-order chi connectivity index (χ1) is 13.1. The number of piperazine rings is 1. The summed E-state index contributed by atoms with van der Waals surface area (Å²) >= 11 is 0.893. The Bertz CT molecular complexity index is 900. The Morgan fingerprint density at radius 1 is 1.25 bits per heavy atom. The SMILES string of the molecule is CCCC(C)N1CCN(S(=O)(=O)c2ccc(-c3cc(C(F)(F)F)on3)s2)CC1. The Balaban J connectivity index is 1.71. The molecule has 1 atom stereocenters. The van der Waals surface area contributed by atoms with Crippen LogP contribution in [0.15, 0.2) is 26.9 Å². The van der Waals surface area contributed by atoms with Crippen LogP contribution in [0.4, 0.5) is 13.2 Å². The second-order valence-electron chi connectivity index (χ2n) is 6.77. The van der Waals surface area contributed by atoms with Gasteiger partial charge in [0.1, 0.15) is 9.90 Å². The summed E-state index contributed by atoms with van der Waals surface area (Å²) in [4.78, 5) is 2.59. The minimum atomic E-state index is -4.63. The van der Waals surface area contributed by atoms with Crippen molar-refractivity contribution < 1.29 is 26.1 Å². The zero-order chi connectivity index (χ0) is 20.5. The number of hydrogen-bond acceptors (Lipinski definition) is 6. The van der Waals surface area contributed by atoms with Crippen molar-refractivity contribution in [2.45, 2.75) is 43.1 Å². The van der Waals surface area contributed by atoms with E-state index in [0.717, 1.165) is 30.2 Å². The predicted octanol–water partition coefficient (Wildman–Crippen LogP) is 3.92. The summed E-state index contributed by atoms with van der Waals surface area (Å²) in [5, 5.41) is 3.41. The monoisotopic (exact) mass is 437 g/mol. The van der Waals surface area contributed by atoms with E-state index in [1.807, 2.05) is 0 Å². The van der Waals surface area contributed by atoms with E-state index in [2.05, 4.69) is 28.4 Å². The molecule has 3 heterocycles. The highest BCUT2D eigenvalue weighted by Gasteiger charge is 2.37. The van der Waals surface area contributed by atoms with E-state index >= 15 is 0 Å². The molecule has 0 aliphatic carbocycles. The van der Waals surface area contributed by atoms with Crippen LogP contribution in [0.3, 0.4) is 0 Å². The molecular formula is C17H22F3N3O3S2. The maximum absolute atomic E-state index is 12.9. The van der Waals surface area contributed by atoms with Crippen molar-refractivity contribution in [1.29, 1.82) is 0 Å². The minimum Gasteiger partial charge on any atom is -0.351 e. The van der Waals surface area contributed by atoms with Gasteiger partial charge in [-0.15, -0.1) is 11.3 Å². The molecular weight excluding hydrogens is 415 g/mol. The van der Waals surface area contributed by atoms with Crippen LogP contribution in [0.2, 0.25) is 0 Å². The molecule has 11 heteroatoms. The number of aromatic nitrogens is 1. The van der Waals surface area contributed by atoms with Gasteiger partial charge in [0.25, 0.3) is 10.0 Å². The van der Waals surface area contributed by atoms with Gasteiger partial charge in [0, 0.05) is 38.3 Å². The molecule has 6 nitrogen and oxygen atoms in total. The second-order valence-corrected chi connectivity index (χ2v) is 10.0. The molecule has 1 unspecified atom stereocenters. The van der Waals surface area contributed by atoms with Gasteiger partial charge in [-0.05, 0) is 25.5 Å². The normalized spacial score (nSPS) is 18.5. The smallest absolute Gasteiger partial charge is 0.351 e. The summed E-state index contributed by atoms with van der Waals surface area (Å²) in [5.74, 6) is -1.21. The predicted molar refractivity (Wildman–Crippen MR) is 99.5 cm³/mol. The fourth-order valence-electron chi connectivity index (χ4n) is 3.23. The zero-order valence-electron chi connectivity index (χ0n) is 15.6. The van der Waals surface area contributed by atoms with Crippen LogP contribution < -0.4 is 0 Å². The van der Waals surface area contributed by atoms with E-state index in [9.17, 15) is 21.6 Å². The van der Waals surface area contributed by atoms with Crippen LogP contribution >= 0.6 is 11.3 Å². The van der Waals surface area contributed by atoms with Gasteiger partial charge in [-0.25, -0.2) is 8.42 Å². The number of halogens is 3. The summed E-state index contributed by atoms with van der Waals surface area (Å²) in [5.41, 5.74) is -0.0306. The van der Waals surface area contributed by atoms with E-state index < -0.39 is 22.0 Å². The van der Waals surface area contributed by atoms with Crippen LogP contribution in [-0.4, -0.2) is 55.0 Å². The number of thiophene rings is 1. The summed E-state index contributed by atoms with van der Waals surface area (Å²) in [6.45, 7) is 6.38. The van der Waals surface area contributed by atoms with Gasteiger partial charge in [-0.2, -0.15) is 17.5 Å². The molecule has 156 valence electrons. The molecule has 2 aromatic heterocycles. The number of hydrogen-bond donors (Lipinski definition) is 0. The molecule has 1 saturated heterocycles. The molecule has 0 bridgehead atoms. The molecule has 0 saturated carbocycles. The van der Waals surface area contributed by atoms with Crippen molar-refractivity contribution in [3.05, 3.63) is 24.0 Å². The van der Waals surface area contributed by atoms with Crippen molar-refractivity contribution in [3.8, 4) is 10.6 Å². The summed E-state index contributed by atoms with van der Waals surface area (Å²) < 4.78 is 69.6. The third-order valence-corrected chi connectivity index (χ3v) is 8.29. The van der Waals surface area contributed by atoms with Crippen LogP contribution in [0.1, 0.15) is 32.4 Å². The second kappa shape index (κ2) is 8.13. The van der Waals surface area contributed by atoms with E-state index in [-0.39, 0.29) is 9.90 Å². The van der Waals surface area contributed by atoms with E-state index in [1.165, 1.54) is 16.4 Å². The maximum atomic E-state index is 12.9. The Morgan fingerprint density at radius 2 is 1.93 bits per heavy atom. The lowest BCUT2D eigenvalue weighted by Gasteiger charge is -2.37. The third-order valence-electron chi connectivity index (χ3n) is 4.82. The molecule has 1 aliphatic rings. The first-order valence-corrected chi connectivity index (χ1v) is 11.3. The van der Waals surface area contributed by atoms with Gasteiger partial charge < -0.3 is 4.52 Å². The molecule has 2 aromatic rings. The molecule has 0 amide bonds. The lowest BCUT2D eigenvalue weighted by molar-refractivity contribution is -0.155. The highest BCUT2D eigenvalue weighted by molar-refractivity contribution is 7.91. The Morgan fingerprint density at radius 3 is 2.50 bits per heavy atom. The first kappa shape index (κ1) is 21.3. The summed E-state index contributed by atoms with van der Waals surface area (Å²) in [6, 6.07) is 4.05. The van der Waals surface area contributed by atoms with Crippen LogP contribution in [0, 0.1) is 0 Å². The molecule has 1 fully saturated rings. The fourth-order valence-corrected chi connectivity index (χ4v) is 6.07. The van der Waals surface area contributed by atoms with Crippen LogP contribution in [0.5, 0.6) is 0 Å². The average Bonchev–Trinajstić information content (AvgIpc) is 3.31.